The highest BCUT2D eigenvalue weighted by Crippen LogP contribution is 2.28. The van der Waals surface area contributed by atoms with Crippen molar-refractivity contribution in [1.29, 1.82) is 0 Å². The van der Waals surface area contributed by atoms with Gasteiger partial charge in [0.1, 0.15) is 12.2 Å². The minimum atomic E-state index is -0.790. The van der Waals surface area contributed by atoms with Gasteiger partial charge in [-0.3, -0.25) is 0 Å². The van der Waals surface area contributed by atoms with Gasteiger partial charge in [0.25, 0.3) is 0 Å². The lowest BCUT2D eigenvalue weighted by molar-refractivity contribution is 0.350. The van der Waals surface area contributed by atoms with Gasteiger partial charge >= 0.3 is 5.63 Å². The normalized spacial score (nSPS) is 10.6. The van der Waals surface area contributed by atoms with Gasteiger partial charge in [-0.2, -0.15) is 0 Å². The molecule has 0 saturated heterocycles. The van der Waals surface area contributed by atoms with E-state index in [9.17, 15) is 14.3 Å². The standard InChI is InChI=1S/C16H9FO4/c17-13-7-11-10-4-3-9(2-1-5-18)6-12(10)16(20)21-15(11)8-14(13)19/h3-4,6-8,18-19H,5H2. The summed E-state index contributed by atoms with van der Waals surface area (Å²) in [6, 6.07) is 7.01. The van der Waals surface area contributed by atoms with Crippen LogP contribution in [0.1, 0.15) is 5.56 Å². The van der Waals surface area contributed by atoms with E-state index in [1.54, 1.807) is 12.1 Å². The minimum Gasteiger partial charge on any atom is -0.505 e. The van der Waals surface area contributed by atoms with E-state index in [2.05, 4.69) is 11.8 Å². The van der Waals surface area contributed by atoms with Crippen molar-refractivity contribution in [2.75, 3.05) is 6.61 Å². The minimum absolute atomic E-state index is 0.112. The first-order valence-corrected chi connectivity index (χ1v) is 6.09. The number of hydrogen-bond acceptors (Lipinski definition) is 4. The van der Waals surface area contributed by atoms with Crippen molar-refractivity contribution in [2.24, 2.45) is 0 Å². The number of benzene rings is 2. The van der Waals surface area contributed by atoms with Gasteiger partial charge in [0, 0.05) is 22.4 Å². The van der Waals surface area contributed by atoms with Crippen LogP contribution in [-0.2, 0) is 0 Å². The van der Waals surface area contributed by atoms with Crippen LogP contribution in [0.3, 0.4) is 0 Å². The van der Waals surface area contributed by atoms with Crippen molar-refractivity contribution >= 4 is 21.7 Å². The summed E-state index contributed by atoms with van der Waals surface area (Å²) in [4.78, 5) is 12.0. The molecule has 0 aliphatic heterocycles. The SMILES string of the molecule is O=c1oc2cc(O)c(F)cc2c2ccc(C#CCO)cc12. The summed E-state index contributed by atoms with van der Waals surface area (Å²) in [6.45, 7) is -0.283. The van der Waals surface area contributed by atoms with Crippen LogP contribution in [0.4, 0.5) is 4.39 Å². The summed E-state index contributed by atoms with van der Waals surface area (Å²) < 4.78 is 18.6. The molecule has 0 fully saturated rings. The summed E-state index contributed by atoms with van der Waals surface area (Å²) >= 11 is 0. The van der Waals surface area contributed by atoms with E-state index in [1.807, 2.05) is 0 Å². The molecule has 21 heavy (non-hydrogen) atoms. The Bertz CT molecular complexity index is 977. The van der Waals surface area contributed by atoms with E-state index >= 15 is 0 Å². The highest BCUT2D eigenvalue weighted by atomic mass is 19.1. The summed E-state index contributed by atoms with van der Waals surface area (Å²) in [5.74, 6) is 3.81. The van der Waals surface area contributed by atoms with Crippen LogP contribution in [0, 0.1) is 17.7 Å². The van der Waals surface area contributed by atoms with E-state index in [-0.39, 0.29) is 17.6 Å². The van der Waals surface area contributed by atoms with Gasteiger partial charge in [-0.1, -0.05) is 17.9 Å². The molecule has 5 heteroatoms. The van der Waals surface area contributed by atoms with Crippen LogP contribution >= 0.6 is 0 Å². The third kappa shape index (κ3) is 2.22. The fourth-order valence-electron chi connectivity index (χ4n) is 2.16. The number of aromatic hydroxyl groups is 1. The number of phenolic OH excluding ortho intramolecular Hbond substituents is 1. The third-order valence-corrected chi connectivity index (χ3v) is 3.09. The molecule has 3 aromatic rings. The average molecular weight is 284 g/mol. The van der Waals surface area contributed by atoms with Crippen LogP contribution < -0.4 is 5.63 Å². The lowest BCUT2D eigenvalue weighted by Gasteiger charge is -2.04. The monoisotopic (exact) mass is 284 g/mol. The van der Waals surface area contributed by atoms with Crippen LogP contribution in [0.15, 0.2) is 39.5 Å². The van der Waals surface area contributed by atoms with Gasteiger partial charge < -0.3 is 14.6 Å². The van der Waals surface area contributed by atoms with Gasteiger partial charge in [-0.15, -0.1) is 0 Å². The van der Waals surface area contributed by atoms with E-state index in [4.69, 9.17) is 9.52 Å². The van der Waals surface area contributed by atoms with Crippen molar-refractivity contribution in [3.8, 4) is 17.6 Å². The topological polar surface area (TPSA) is 70.7 Å². The largest absolute Gasteiger partial charge is 0.505 e. The molecule has 1 aromatic heterocycles. The Morgan fingerprint density at radius 1 is 1.14 bits per heavy atom. The summed E-state index contributed by atoms with van der Waals surface area (Å²) in [5, 5.41) is 19.2. The lowest BCUT2D eigenvalue weighted by Crippen LogP contribution is -2.00. The number of hydrogen-bond donors (Lipinski definition) is 2. The van der Waals surface area contributed by atoms with Crippen LogP contribution in [0.25, 0.3) is 21.7 Å². The maximum atomic E-state index is 13.5. The van der Waals surface area contributed by atoms with Gasteiger partial charge in [-0.25, -0.2) is 9.18 Å². The maximum Gasteiger partial charge on any atom is 0.344 e. The first-order valence-electron chi connectivity index (χ1n) is 6.09. The third-order valence-electron chi connectivity index (χ3n) is 3.09. The molecule has 3 rings (SSSR count). The van der Waals surface area contributed by atoms with Gasteiger partial charge in [-0.05, 0) is 18.2 Å². The second-order valence-corrected chi connectivity index (χ2v) is 4.41. The first-order chi connectivity index (χ1) is 10.1. The summed E-state index contributed by atoms with van der Waals surface area (Å²) in [6.07, 6.45) is 0. The molecular weight excluding hydrogens is 275 g/mol. The van der Waals surface area contributed by atoms with Crippen molar-refractivity contribution in [1.82, 2.24) is 0 Å². The maximum absolute atomic E-state index is 13.5. The van der Waals surface area contributed by atoms with Gasteiger partial charge in [0.05, 0.1) is 5.39 Å². The quantitative estimate of drug-likeness (QED) is 0.377. The second-order valence-electron chi connectivity index (χ2n) is 4.41. The smallest absolute Gasteiger partial charge is 0.344 e. The lowest BCUT2D eigenvalue weighted by atomic mass is 10.0. The molecular formula is C16H9FO4. The Morgan fingerprint density at radius 2 is 1.95 bits per heavy atom. The molecule has 0 unspecified atom stereocenters. The Morgan fingerprint density at radius 3 is 2.71 bits per heavy atom. The predicted octanol–water partition coefficient (Wildman–Crippen LogP) is 2.13. The van der Waals surface area contributed by atoms with Crippen LogP contribution in [-0.4, -0.2) is 16.8 Å². The van der Waals surface area contributed by atoms with E-state index < -0.39 is 17.2 Å². The van der Waals surface area contributed by atoms with Crippen molar-refractivity contribution < 1.29 is 19.0 Å². The van der Waals surface area contributed by atoms with E-state index in [0.29, 0.717) is 16.3 Å². The highest BCUT2D eigenvalue weighted by molar-refractivity contribution is 6.04. The second kappa shape index (κ2) is 4.93. The highest BCUT2D eigenvalue weighted by Gasteiger charge is 2.11. The molecule has 0 atom stereocenters. The van der Waals surface area contributed by atoms with E-state index in [0.717, 1.165) is 12.1 Å². The zero-order chi connectivity index (χ0) is 15.0. The van der Waals surface area contributed by atoms with Crippen LogP contribution in [0.2, 0.25) is 0 Å². The van der Waals surface area contributed by atoms with E-state index in [1.165, 1.54) is 6.07 Å². The van der Waals surface area contributed by atoms with Crippen LogP contribution in [0.5, 0.6) is 5.75 Å². The van der Waals surface area contributed by atoms with Crippen molar-refractivity contribution in [3.63, 3.8) is 0 Å². The zero-order valence-electron chi connectivity index (χ0n) is 10.7. The van der Waals surface area contributed by atoms with Crippen molar-refractivity contribution in [3.05, 3.63) is 52.1 Å². The fourth-order valence-corrected chi connectivity index (χ4v) is 2.16. The fraction of sp³-hybridized carbons (Fsp3) is 0.0625. The Labute approximate surface area is 118 Å². The molecule has 0 aliphatic carbocycles. The molecule has 0 spiro atoms. The molecule has 0 radical (unpaired) electrons. The van der Waals surface area contributed by atoms with Gasteiger partial charge in [0.15, 0.2) is 11.6 Å². The molecule has 0 bridgehead atoms. The molecule has 0 amide bonds. The number of fused-ring (bicyclic) bond motifs is 3. The number of halogens is 1. The molecule has 4 nitrogen and oxygen atoms in total. The number of rotatable bonds is 0. The van der Waals surface area contributed by atoms with Crippen molar-refractivity contribution in [2.45, 2.75) is 0 Å². The Balaban J connectivity index is 2.40. The summed E-state index contributed by atoms with van der Waals surface area (Å²) in [5.41, 5.74) is 0.0548. The molecule has 1 heterocycles. The number of aliphatic hydroxyl groups excluding tert-OH is 1. The average Bonchev–Trinajstić information content (AvgIpc) is 2.47. The Hall–Kier alpha value is -2.84. The predicted molar refractivity (Wildman–Crippen MR) is 75.6 cm³/mol. The first kappa shape index (κ1) is 13.2. The number of phenols is 1. The number of aliphatic hydroxyl groups is 1. The van der Waals surface area contributed by atoms with Gasteiger partial charge in [0.2, 0.25) is 0 Å². The summed E-state index contributed by atoms with van der Waals surface area (Å²) in [7, 11) is 0. The Kier molecular flexibility index (Phi) is 3.09. The zero-order valence-corrected chi connectivity index (χ0v) is 10.7. The molecule has 2 N–H and O–H groups in total. The molecule has 2 aromatic carbocycles. The molecule has 0 aliphatic rings. The molecule has 104 valence electrons. The molecule has 0 saturated carbocycles.